The fraction of sp³-hybridized carbons (Fsp3) is 0. The average Bonchev–Trinajstić information content (AvgIpc) is 2.97. The molecular formula is C10H6ClN5OS. The number of rotatable bonds is 2. The highest BCUT2D eigenvalue weighted by atomic mass is 35.5. The minimum atomic E-state index is -0.301. The molecule has 0 atom stereocenters. The number of carbonyl (C=O) groups excluding carboxylic acids is 1. The van der Waals surface area contributed by atoms with Crippen molar-refractivity contribution >= 4 is 45.8 Å². The molecule has 3 aromatic heterocycles. The highest BCUT2D eigenvalue weighted by Crippen LogP contribution is 2.23. The number of imidazole rings is 1. The van der Waals surface area contributed by atoms with Crippen LogP contribution in [0.3, 0.4) is 0 Å². The molecule has 0 aromatic carbocycles. The number of H-pyrrole nitrogens is 1. The van der Waals surface area contributed by atoms with E-state index in [4.69, 9.17) is 11.6 Å². The molecule has 3 aromatic rings. The largest absolute Gasteiger partial charge is 0.340 e. The normalized spacial score (nSPS) is 10.7. The molecule has 18 heavy (non-hydrogen) atoms. The first-order valence-electron chi connectivity index (χ1n) is 4.94. The zero-order valence-corrected chi connectivity index (χ0v) is 10.4. The molecule has 0 saturated carbocycles. The second kappa shape index (κ2) is 4.35. The number of hydrogen-bond donors (Lipinski definition) is 2. The van der Waals surface area contributed by atoms with Crippen LogP contribution in [0.1, 0.15) is 9.67 Å². The monoisotopic (exact) mass is 279 g/mol. The predicted molar refractivity (Wildman–Crippen MR) is 69.0 cm³/mol. The fourth-order valence-electron chi connectivity index (χ4n) is 1.48. The molecule has 0 saturated heterocycles. The third-order valence-corrected chi connectivity index (χ3v) is 3.62. The van der Waals surface area contributed by atoms with Crippen molar-refractivity contribution in [2.75, 3.05) is 5.32 Å². The molecule has 0 aliphatic rings. The zero-order chi connectivity index (χ0) is 12.5. The third-order valence-electron chi connectivity index (χ3n) is 2.28. The Morgan fingerprint density at radius 3 is 3.06 bits per heavy atom. The Kier molecular flexibility index (Phi) is 2.69. The van der Waals surface area contributed by atoms with E-state index in [2.05, 4.69) is 25.3 Å². The lowest BCUT2D eigenvalue weighted by Crippen LogP contribution is -2.12. The zero-order valence-electron chi connectivity index (χ0n) is 8.85. The minimum absolute atomic E-state index is 0.301. The number of anilines is 1. The third kappa shape index (κ3) is 1.83. The van der Waals surface area contributed by atoms with E-state index >= 15 is 0 Å². The Hall–Kier alpha value is -1.99. The summed E-state index contributed by atoms with van der Waals surface area (Å²) < 4.78 is 0. The van der Waals surface area contributed by atoms with E-state index in [1.165, 1.54) is 24.0 Å². The number of fused-ring (bicyclic) bond motifs is 1. The summed E-state index contributed by atoms with van der Waals surface area (Å²) in [6, 6.07) is 1.67. The van der Waals surface area contributed by atoms with Crippen molar-refractivity contribution in [3.05, 3.63) is 34.0 Å². The number of nitrogens with zero attached hydrogens (tertiary/aromatic N) is 3. The summed E-state index contributed by atoms with van der Waals surface area (Å²) in [4.78, 5) is 27.3. The molecule has 3 rings (SSSR count). The van der Waals surface area contributed by atoms with Crippen LogP contribution in [0, 0.1) is 0 Å². The van der Waals surface area contributed by atoms with Crippen LogP contribution in [0.2, 0.25) is 5.02 Å². The summed E-state index contributed by atoms with van der Waals surface area (Å²) in [7, 11) is 0. The van der Waals surface area contributed by atoms with Crippen LogP contribution in [0.25, 0.3) is 11.2 Å². The number of halogens is 1. The van der Waals surface area contributed by atoms with Gasteiger partial charge in [0.05, 0.1) is 11.3 Å². The molecule has 2 N–H and O–H groups in total. The van der Waals surface area contributed by atoms with E-state index in [0.717, 1.165) is 0 Å². The molecule has 0 unspecified atom stereocenters. The Labute approximate surface area is 110 Å². The fourth-order valence-corrected chi connectivity index (χ4v) is 2.52. The Balaban J connectivity index is 1.95. The maximum atomic E-state index is 12.0. The number of hydrogen-bond acceptors (Lipinski definition) is 5. The van der Waals surface area contributed by atoms with E-state index in [1.807, 2.05) is 0 Å². The first-order chi connectivity index (χ1) is 8.75. The van der Waals surface area contributed by atoms with Crippen molar-refractivity contribution < 1.29 is 4.79 Å². The van der Waals surface area contributed by atoms with Gasteiger partial charge in [-0.25, -0.2) is 15.0 Å². The first kappa shape index (κ1) is 11.1. The number of amides is 1. The number of carbonyl (C=O) groups is 1. The Morgan fingerprint density at radius 2 is 2.28 bits per heavy atom. The highest BCUT2D eigenvalue weighted by Gasteiger charge is 2.14. The van der Waals surface area contributed by atoms with E-state index < -0.39 is 0 Å². The van der Waals surface area contributed by atoms with Gasteiger partial charge >= 0.3 is 0 Å². The molecule has 8 heteroatoms. The summed E-state index contributed by atoms with van der Waals surface area (Å²) in [6.45, 7) is 0. The molecule has 0 aliphatic carbocycles. The highest BCUT2D eigenvalue weighted by molar-refractivity contribution is 7.12. The van der Waals surface area contributed by atoms with Gasteiger partial charge in [-0.2, -0.15) is 0 Å². The Bertz CT molecular complexity index is 722. The second-order valence-corrected chi connectivity index (χ2v) is 4.70. The molecule has 0 aliphatic heterocycles. The van der Waals surface area contributed by atoms with Crippen molar-refractivity contribution in [3.63, 3.8) is 0 Å². The van der Waals surface area contributed by atoms with E-state index in [-0.39, 0.29) is 5.91 Å². The van der Waals surface area contributed by atoms with Crippen LogP contribution in [0.5, 0.6) is 0 Å². The standard InChI is InChI=1S/C10H6ClN5OS/c11-5-1-2-18-7(5)10(17)16-9-6-8(13-3-12-6)14-4-15-9/h1-4H,(H2,12,13,14,15,16,17). The van der Waals surface area contributed by atoms with E-state index in [1.54, 1.807) is 11.4 Å². The van der Waals surface area contributed by atoms with Crippen LogP contribution in [0.15, 0.2) is 24.1 Å². The molecule has 90 valence electrons. The van der Waals surface area contributed by atoms with Gasteiger partial charge in [-0.1, -0.05) is 11.6 Å². The van der Waals surface area contributed by atoms with Gasteiger partial charge in [0.15, 0.2) is 11.5 Å². The average molecular weight is 280 g/mol. The van der Waals surface area contributed by atoms with Crippen LogP contribution in [0.4, 0.5) is 5.82 Å². The van der Waals surface area contributed by atoms with Gasteiger partial charge in [-0.3, -0.25) is 4.79 Å². The van der Waals surface area contributed by atoms with Gasteiger partial charge in [0.1, 0.15) is 16.7 Å². The summed E-state index contributed by atoms with van der Waals surface area (Å²) in [5, 5.41) is 4.86. The van der Waals surface area contributed by atoms with Gasteiger partial charge in [0.2, 0.25) is 0 Å². The molecular weight excluding hydrogens is 274 g/mol. The minimum Gasteiger partial charge on any atom is -0.340 e. The topological polar surface area (TPSA) is 83.6 Å². The van der Waals surface area contributed by atoms with Crippen LogP contribution < -0.4 is 5.32 Å². The van der Waals surface area contributed by atoms with Gasteiger partial charge in [-0.15, -0.1) is 11.3 Å². The molecule has 0 radical (unpaired) electrons. The smallest absolute Gasteiger partial charge is 0.268 e. The summed E-state index contributed by atoms with van der Waals surface area (Å²) in [5.74, 6) is 0.0802. The van der Waals surface area contributed by atoms with Crippen molar-refractivity contribution in [2.45, 2.75) is 0 Å². The molecule has 0 bridgehead atoms. The molecule has 0 fully saturated rings. The van der Waals surface area contributed by atoms with Gasteiger partial charge < -0.3 is 10.3 Å². The van der Waals surface area contributed by atoms with Gasteiger partial charge in [0.25, 0.3) is 5.91 Å². The predicted octanol–water partition coefficient (Wildman–Crippen LogP) is 2.32. The maximum absolute atomic E-state index is 12.0. The number of aromatic amines is 1. The SMILES string of the molecule is O=C(Nc1ncnc2nc[nH]c12)c1sccc1Cl. The summed E-state index contributed by atoms with van der Waals surface area (Å²) in [6.07, 6.45) is 2.84. The van der Waals surface area contributed by atoms with Crippen molar-refractivity contribution in [1.82, 2.24) is 19.9 Å². The van der Waals surface area contributed by atoms with Gasteiger partial charge in [0, 0.05) is 0 Å². The lowest BCUT2D eigenvalue weighted by molar-refractivity contribution is 0.103. The number of aromatic nitrogens is 4. The molecule has 6 nitrogen and oxygen atoms in total. The molecule has 3 heterocycles. The van der Waals surface area contributed by atoms with E-state index in [0.29, 0.717) is 26.9 Å². The first-order valence-corrected chi connectivity index (χ1v) is 6.20. The second-order valence-electron chi connectivity index (χ2n) is 3.38. The number of nitrogens with one attached hydrogen (secondary N) is 2. The van der Waals surface area contributed by atoms with Crippen molar-refractivity contribution in [3.8, 4) is 0 Å². The molecule has 0 spiro atoms. The lowest BCUT2D eigenvalue weighted by atomic mass is 10.4. The van der Waals surface area contributed by atoms with Gasteiger partial charge in [-0.05, 0) is 11.4 Å². The maximum Gasteiger partial charge on any atom is 0.268 e. The Morgan fingerprint density at radius 1 is 1.39 bits per heavy atom. The number of thiophene rings is 1. The summed E-state index contributed by atoms with van der Waals surface area (Å²) >= 11 is 7.17. The van der Waals surface area contributed by atoms with Crippen LogP contribution in [-0.4, -0.2) is 25.8 Å². The van der Waals surface area contributed by atoms with Crippen molar-refractivity contribution in [2.24, 2.45) is 0 Å². The lowest BCUT2D eigenvalue weighted by Gasteiger charge is -2.03. The van der Waals surface area contributed by atoms with Crippen LogP contribution >= 0.6 is 22.9 Å². The molecule has 1 amide bonds. The van der Waals surface area contributed by atoms with Crippen molar-refractivity contribution in [1.29, 1.82) is 0 Å². The van der Waals surface area contributed by atoms with Crippen LogP contribution in [-0.2, 0) is 0 Å². The summed E-state index contributed by atoms with van der Waals surface area (Å²) in [5.41, 5.74) is 1.08. The van der Waals surface area contributed by atoms with E-state index in [9.17, 15) is 4.79 Å². The quantitative estimate of drug-likeness (QED) is 0.754.